The summed E-state index contributed by atoms with van der Waals surface area (Å²) in [4.78, 5) is 0.113. The lowest BCUT2D eigenvalue weighted by Gasteiger charge is -2.32. The van der Waals surface area contributed by atoms with Crippen LogP contribution in [0.1, 0.15) is 19.8 Å². The van der Waals surface area contributed by atoms with Crippen molar-refractivity contribution in [3.63, 3.8) is 0 Å². The molecule has 2 heterocycles. The van der Waals surface area contributed by atoms with Gasteiger partial charge >= 0.3 is 0 Å². The van der Waals surface area contributed by atoms with Gasteiger partial charge in [0.15, 0.2) is 0 Å². The number of hydrogen-bond donors (Lipinski definition) is 0. The van der Waals surface area contributed by atoms with E-state index in [9.17, 15) is 8.42 Å². The van der Waals surface area contributed by atoms with Gasteiger partial charge in [-0.1, -0.05) is 23.2 Å². The smallest absolute Gasteiger partial charge is 0.207 e. The minimum absolute atomic E-state index is 0.0732. The molecule has 1 aliphatic heterocycles. The van der Waals surface area contributed by atoms with Crippen LogP contribution in [0.25, 0.3) is 0 Å². The summed E-state index contributed by atoms with van der Waals surface area (Å²) in [5.41, 5.74) is 0. The van der Waals surface area contributed by atoms with Crippen molar-refractivity contribution in [3.8, 4) is 0 Å². The van der Waals surface area contributed by atoms with Gasteiger partial charge in [0.25, 0.3) is 0 Å². The van der Waals surface area contributed by atoms with Crippen LogP contribution in [0.15, 0.2) is 11.0 Å². The average Bonchev–Trinajstić information content (AvgIpc) is 2.69. The molecule has 108 valence electrons. The summed E-state index contributed by atoms with van der Waals surface area (Å²) in [5.74, 6) is 0.370. The number of alkyl halides is 1. The lowest BCUT2D eigenvalue weighted by atomic mass is 9.95. The van der Waals surface area contributed by atoms with E-state index in [4.69, 9.17) is 34.8 Å². The highest BCUT2D eigenvalue weighted by molar-refractivity contribution is 7.89. The van der Waals surface area contributed by atoms with Crippen molar-refractivity contribution in [1.29, 1.82) is 0 Å². The van der Waals surface area contributed by atoms with Gasteiger partial charge in [-0.15, -0.1) is 22.9 Å². The van der Waals surface area contributed by atoms with Crippen LogP contribution < -0.4 is 0 Å². The molecule has 0 N–H and O–H groups in total. The third-order valence-corrected chi connectivity index (χ3v) is 7.40. The molecule has 0 saturated carbocycles. The maximum atomic E-state index is 12.5. The standard InChI is InChI=1S/C11H14Cl3NO2S2/c1-7(12)8-2-4-15(5-3-8)19(16,17)9-6-10(13)18-11(9)14/h6-8H,2-5H2,1H3. The van der Waals surface area contributed by atoms with Crippen molar-refractivity contribution in [2.24, 2.45) is 5.92 Å². The molecule has 1 fully saturated rings. The Balaban J connectivity index is 2.16. The molecule has 1 aromatic heterocycles. The van der Waals surface area contributed by atoms with Gasteiger partial charge in [0, 0.05) is 18.5 Å². The van der Waals surface area contributed by atoms with Crippen molar-refractivity contribution in [1.82, 2.24) is 4.31 Å². The summed E-state index contributed by atoms with van der Waals surface area (Å²) in [6.07, 6.45) is 1.55. The van der Waals surface area contributed by atoms with E-state index in [2.05, 4.69) is 0 Å². The highest BCUT2D eigenvalue weighted by Crippen LogP contribution is 2.37. The average molecular weight is 363 g/mol. The molecule has 1 atom stereocenters. The maximum absolute atomic E-state index is 12.5. The van der Waals surface area contributed by atoms with Crippen LogP contribution in [0, 0.1) is 5.92 Å². The normalized spacial score (nSPS) is 20.6. The Bertz CT molecular complexity index is 548. The molecule has 3 nitrogen and oxygen atoms in total. The lowest BCUT2D eigenvalue weighted by Crippen LogP contribution is -2.39. The van der Waals surface area contributed by atoms with Crippen LogP contribution in [0.4, 0.5) is 0 Å². The van der Waals surface area contributed by atoms with Crippen molar-refractivity contribution in [2.75, 3.05) is 13.1 Å². The van der Waals surface area contributed by atoms with Crippen molar-refractivity contribution < 1.29 is 8.42 Å². The molecule has 1 aromatic rings. The van der Waals surface area contributed by atoms with E-state index in [-0.39, 0.29) is 14.6 Å². The van der Waals surface area contributed by atoms with Crippen LogP contribution in [0.2, 0.25) is 8.67 Å². The highest BCUT2D eigenvalue weighted by Gasteiger charge is 2.33. The molecule has 0 amide bonds. The molecule has 8 heteroatoms. The third-order valence-electron chi connectivity index (χ3n) is 3.39. The number of sulfonamides is 1. The van der Waals surface area contributed by atoms with Crippen molar-refractivity contribution >= 4 is 56.2 Å². The Morgan fingerprint density at radius 3 is 2.37 bits per heavy atom. The second-order valence-electron chi connectivity index (χ2n) is 4.61. The molecule has 2 rings (SSSR count). The van der Waals surface area contributed by atoms with E-state index in [1.807, 2.05) is 6.92 Å². The van der Waals surface area contributed by atoms with E-state index >= 15 is 0 Å². The molecule has 0 radical (unpaired) electrons. The van der Waals surface area contributed by atoms with Crippen LogP contribution in [0.5, 0.6) is 0 Å². The van der Waals surface area contributed by atoms with E-state index < -0.39 is 10.0 Å². The number of thiophene rings is 1. The minimum atomic E-state index is -3.54. The SMILES string of the molecule is CC(Cl)C1CCN(S(=O)(=O)c2cc(Cl)sc2Cl)CC1. The number of nitrogens with zero attached hydrogens (tertiary/aromatic N) is 1. The largest absolute Gasteiger partial charge is 0.245 e. The van der Waals surface area contributed by atoms with Gasteiger partial charge in [-0.25, -0.2) is 8.42 Å². The molecule has 1 saturated heterocycles. The maximum Gasteiger partial charge on any atom is 0.245 e. The summed E-state index contributed by atoms with van der Waals surface area (Å²) < 4.78 is 27.0. The van der Waals surface area contributed by atoms with E-state index in [1.54, 1.807) is 0 Å². The summed E-state index contributed by atoms with van der Waals surface area (Å²) >= 11 is 18.9. The zero-order valence-corrected chi connectivity index (χ0v) is 14.2. The van der Waals surface area contributed by atoms with Gasteiger partial charge in [0.2, 0.25) is 10.0 Å². The highest BCUT2D eigenvalue weighted by atomic mass is 35.5. The summed E-state index contributed by atoms with van der Waals surface area (Å²) in [6.45, 7) is 2.91. The van der Waals surface area contributed by atoms with Crippen molar-refractivity contribution in [3.05, 3.63) is 14.7 Å². The topological polar surface area (TPSA) is 37.4 Å². The number of rotatable bonds is 3. The number of hydrogen-bond acceptors (Lipinski definition) is 3. The monoisotopic (exact) mass is 361 g/mol. The minimum Gasteiger partial charge on any atom is -0.207 e. The zero-order valence-electron chi connectivity index (χ0n) is 10.3. The fourth-order valence-corrected chi connectivity index (χ4v) is 6.05. The zero-order chi connectivity index (χ0) is 14.2. The molecule has 1 aliphatic rings. The summed E-state index contributed by atoms with van der Waals surface area (Å²) in [7, 11) is -3.54. The quantitative estimate of drug-likeness (QED) is 0.760. The van der Waals surface area contributed by atoms with E-state index in [1.165, 1.54) is 10.4 Å². The van der Waals surface area contributed by atoms with Gasteiger partial charge in [0.05, 0.1) is 4.34 Å². The third kappa shape index (κ3) is 3.39. The second-order valence-corrected chi connectivity index (χ2v) is 9.49. The Labute approximate surface area is 132 Å². The van der Waals surface area contributed by atoms with Gasteiger partial charge in [-0.3, -0.25) is 0 Å². The molecule has 0 bridgehead atoms. The van der Waals surface area contributed by atoms with Gasteiger partial charge in [0.1, 0.15) is 9.23 Å². The van der Waals surface area contributed by atoms with Gasteiger partial charge in [-0.2, -0.15) is 4.31 Å². The van der Waals surface area contributed by atoms with Crippen LogP contribution >= 0.6 is 46.1 Å². The molecule has 0 spiro atoms. The van der Waals surface area contributed by atoms with E-state index in [0.717, 1.165) is 24.2 Å². The first-order chi connectivity index (χ1) is 8.82. The summed E-state index contributed by atoms with van der Waals surface area (Å²) in [5, 5.41) is 0.0732. The fraction of sp³-hybridized carbons (Fsp3) is 0.636. The molecular formula is C11H14Cl3NO2S2. The first-order valence-electron chi connectivity index (χ1n) is 5.91. The number of piperidine rings is 1. The Hall–Kier alpha value is 0.480. The Morgan fingerprint density at radius 1 is 1.37 bits per heavy atom. The molecule has 1 unspecified atom stereocenters. The molecule has 0 aliphatic carbocycles. The first kappa shape index (κ1) is 15.9. The second kappa shape index (κ2) is 6.08. The lowest BCUT2D eigenvalue weighted by molar-refractivity contribution is 0.271. The predicted molar refractivity (Wildman–Crippen MR) is 81.1 cm³/mol. The molecular weight excluding hydrogens is 349 g/mol. The Kier molecular flexibility index (Phi) is 5.07. The first-order valence-corrected chi connectivity index (χ1v) is 9.36. The van der Waals surface area contributed by atoms with Gasteiger partial charge < -0.3 is 0 Å². The fourth-order valence-electron chi connectivity index (χ4n) is 2.22. The van der Waals surface area contributed by atoms with Crippen LogP contribution in [-0.2, 0) is 10.0 Å². The van der Waals surface area contributed by atoms with Crippen LogP contribution in [-0.4, -0.2) is 31.2 Å². The Morgan fingerprint density at radius 2 is 1.95 bits per heavy atom. The summed E-state index contributed by atoms with van der Waals surface area (Å²) in [6, 6.07) is 1.42. The van der Waals surface area contributed by atoms with Crippen LogP contribution in [0.3, 0.4) is 0 Å². The van der Waals surface area contributed by atoms with Gasteiger partial charge in [-0.05, 0) is 31.7 Å². The van der Waals surface area contributed by atoms with E-state index in [0.29, 0.717) is 23.3 Å². The van der Waals surface area contributed by atoms with Crippen molar-refractivity contribution in [2.45, 2.75) is 30.0 Å². The predicted octanol–water partition coefficient (Wildman–Crippen LogP) is 4.08. The molecule has 19 heavy (non-hydrogen) atoms. The number of halogens is 3. The molecule has 0 aromatic carbocycles.